The summed E-state index contributed by atoms with van der Waals surface area (Å²) in [6.45, 7) is 0. The predicted molar refractivity (Wildman–Crippen MR) is 53.8 cm³/mol. The molecular formula is C10H8N4O. The first-order valence-electron chi connectivity index (χ1n) is 4.28. The molecule has 0 aliphatic carbocycles. The number of nitrogens with zero attached hydrogens (tertiary/aromatic N) is 3. The molecule has 5 heteroatoms. The van der Waals surface area contributed by atoms with E-state index in [2.05, 4.69) is 15.0 Å². The van der Waals surface area contributed by atoms with Crippen LogP contribution in [0.5, 0.6) is 0 Å². The summed E-state index contributed by atoms with van der Waals surface area (Å²) in [5.41, 5.74) is 6.96. The number of primary amides is 1. The Bertz CT molecular complexity index is 484. The molecule has 0 bridgehead atoms. The van der Waals surface area contributed by atoms with Crippen LogP contribution in [0.4, 0.5) is 0 Å². The quantitative estimate of drug-likeness (QED) is 0.771. The maximum Gasteiger partial charge on any atom is 0.248 e. The third-order valence-electron chi connectivity index (χ3n) is 1.90. The minimum absolute atomic E-state index is 0.420. The molecule has 1 amide bonds. The monoisotopic (exact) mass is 200 g/mol. The Kier molecular flexibility index (Phi) is 2.37. The molecule has 0 aliphatic rings. The molecule has 0 saturated heterocycles. The Labute approximate surface area is 86.0 Å². The van der Waals surface area contributed by atoms with E-state index in [1.165, 1.54) is 12.5 Å². The van der Waals surface area contributed by atoms with E-state index in [1.807, 2.05) is 0 Å². The van der Waals surface area contributed by atoms with Crippen LogP contribution in [0.25, 0.3) is 11.3 Å². The molecule has 0 atom stereocenters. The molecule has 2 heterocycles. The summed E-state index contributed by atoms with van der Waals surface area (Å²) in [5, 5.41) is 0. The van der Waals surface area contributed by atoms with E-state index >= 15 is 0 Å². The van der Waals surface area contributed by atoms with Crippen molar-refractivity contribution in [3.05, 3.63) is 42.6 Å². The fraction of sp³-hybridized carbons (Fsp3) is 0. The van der Waals surface area contributed by atoms with Crippen LogP contribution in [0.15, 0.2) is 37.1 Å². The molecule has 0 saturated carbocycles. The van der Waals surface area contributed by atoms with Crippen LogP contribution in [0.3, 0.4) is 0 Å². The molecule has 2 rings (SSSR count). The fourth-order valence-electron chi connectivity index (χ4n) is 1.17. The van der Waals surface area contributed by atoms with Crippen molar-refractivity contribution in [3.63, 3.8) is 0 Å². The van der Waals surface area contributed by atoms with E-state index in [4.69, 9.17) is 5.73 Å². The van der Waals surface area contributed by atoms with Crippen molar-refractivity contribution in [3.8, 4) is 11.3 Å². The summed E-state index contributed by atoms with van der Waals surface area (Å²) in [7, 11) is 0. The second-order valence-corrected chi connectivity index (χ2v) is 2.92. The van der Waals surface area contributed by atoms with Gasteiger partial charge in [-0.1, -0.05) is 0 Å². The highest BCUT2D eigenvalue weighted by molar-refractivity contribution is 5.93. The molecule has 0 unspecified atom stereocenters. The molecule has 0 spiro atoms. The van der Waals surface area contributed by atoms with Gasteiger partial charge in [-0.25, -0.2) is 9.97 Å². The van der Waals surface area contributed by atoms with E-state index in [0.717, 1.165) is 5.56 Å². The highest BCUT2D eigenvalue weighted by atomic mass is 16.1. The van der Waals surface area contributed by atoms with Gasteiger partial charge < -0.3 is 5.73 Å². The average Bonchev–Trinajstić information content (AvgIpc) is 2.30. The Morgan fingerprint density at radius 1 is 1.27 bits per heavy atom. The molecule has 5 nitrogen and oxygen atoms in total. The van der Waals surface area contributed by atoms with Crippen LogP contribution in [-0.2, 0) is 0 Å². The van der Waals surface area contributed by atoms with Gasteiger partial charge in [-0.2, -0.15) is 0 Å². The number of aromatic nitrogens is 3. The average molecular weight is 200 g/mol. The first-order chi connectivity index (χ1) is 7.27. The van der Waals surface area contributed by atoms with Crippen molar-refractivity contribution in [1.29, 1.82) is 0 Å². The summed E-state index contributed by atoms with van der Waals surface area (Å²) in [6, 6.07) is 3.18. The zero-order valence-corrected chi connectivity index (χ0v) is 7.79. The Hall–Kier alpha value is -2.30. The number of pyridine rings is 1. The number of nitrogens with two attached hydrogens (primary N) is 1. The minimum Gasteiger partial charge on any atom is -0.366 e. The van der Waals surface area contributed by atoms with Crippen molar-refractivity contribution < 1.29 is 4.79 Å². The SMILES string of the molecule is NC(=O)c1ccnc(-c2cncnc2)c1. The van der Waals surface area contributed by atoms with E-state index in [9.17, 15) is 4.79 Å². The zero-order chi connectivity index (χ0) is 10.7. The molecule has 0 aliphatic heterocycles. The molecule has 2 N–H and O–H groups in total. The van der Waals surface area contributed by atoms with Gasteiger partial charge >= 0.3 is 0 Å². The third kappa shape index (κ3) is 1.96. The molecule has 74 valence electrons. The van der Waals surface area contributed by atoms with Gasteiger partial charge in [-0.3, -0.25) is 9.78 Å². The van der Waals surface area contributed by atoms with Crippen LogP contribution in [0, 0.1) is 0 Å². The summed E-state index contributed by atoms with van der Waals surface area (Å²) < 4.78 is 0. The van der Waals surface area contributed by atoms with Gasteiger partial charge in [-0.15, -0.1) is 0 Å². The van der Waals surface area contributed by atoms with Crippen molar-refractivity contribution in [2.24, 2.45) is 5.73 Å². The number of carbonyl (C=O) groups excluding carboxylic acids is 1. The van der Waals surface area contributed by atoms with Crippen molar-refractivity contribution in [1.82, 2.24) is 15.0 Å². The van der Waals surface area contributed by atoms with Gasteiger partial charge in [0.25, 0.3) is 0 Å². The molecule has 0 radical (unpaired) electrons. The lowest BCUT2D eigenvalue weighted by Crippen LogP contribution is -2.10. The Morgan fingerprint density at radius 3 is 2.67 bits per heavy atom. The van der Waals surface area contributed by atoms with Crippen molar-refractivity contribution >= 4 is 5.91 Å². The van der Waals surface area contributed by atoms with E-state index < -0.39 is 5.91 Å². The maximum atomic E-state index is 10.9. The van der Waals surface area contributed by atoms with E-state index in [1.54, 1.807) is 24.5 Å². The van der Waals surface area contributed by atoms with Gasteiger partial charge in [-0.05, 0) is 12.1 Å². The predicted octanol–water partition coefficient (Wildman–Crippen LogP) is 0.638. The number of hydrogen-bond donors (Lipinski definition) is 1. The zero-order valence-electron chi connectivity index (χ0n) is 7.79. The van der Waals surface area contributed by atoms with Gasteiger partial charge in [0, 0.05) is 29.7 Å². The largest absolute Gasteiger partial charge is 0.366 e. The molecule has 0 fully saturated rings. The standard InChI is InChI=1S/C10H8N4O/c11-10(15)7-1-2-14-9(3-7)8-4-12-6-13-5-8/h1-6H,(H2,11,15). The first-order valence-corrected chi connectivity index (χ1v) is 4.28. The normalized spacial score (nSPS) is 9.87. The highest BCUT2D eigenvalue weighted by Gasteiger charge is 2.04. The van der Waals surface area contributed by atoms with Gasteiger partial charge in [0.05, 0.1) is 5.69 Å². The summed E-state index contributed by atoms with van der Waals surface area (Å²) in [5.74, 6) is -0.476. The van der Waals surface area contributed by atoms with Crippen LogP contribution >= 0.6 is 0 Å². The number of carbonyl (C=O) groups is 1. The number of rotatable bonds is 2. The lowest BCUT2D eigenvalue weighted by Gasteiger charge is -2.00. The maximum absolute atomic E-state index is 10.9. The fourth-order valence-corrected chi connectivity index (χ4v) is 1.17. The first kappa shape index (κ1) is 9.26. The lowest BCUT2D eigenvalue weighted by atomic mass is 10.1. The summed E-state index contributed by atoms with van der Waals surface area (Å²) in [6.07, 6.45) is 6.21. The van der Waals surface area contributed by atoms with Crippen LogP contribution in [-0.4, -0.2) is 20.9 Å². The van der Waals surface area contributed by atoms with Gasteiger partial charge in [0.15, 0.2) is 0 Å². The van der Waals surface area contributed by atoms with Crippen molar-refractivity contribution in [2.45, 2.75) is 0 Å². The lowest BCUT2D eigenvalue weighted by molar-refractivity contribution is 0.1000. The molecular weight excluding hydrogens is 192 g/mol. The van der Waals surface area contributed by atoms with E-state index in [0.29, 0.717) is 11.3 Å². The van der Waals surface area contributed by atoms with Gasteiger partial charge in [0.2, 0.25) is 5.91 Å². The summed E-state index contributed by atoms with van der Waals surface area (Å²) in [4.78, 5) is 22.8. The van der Waals surface area contributed by atoms with Crippen molar-refractivity contribution in [2.75, 3.05) is 0 Å². The smallest absolute Gasteiger partial charge is 0.248 e. The van der Waals surface area contributed by atoms with Crippen LogP contribution < -0.4 is 5.73 Å². The Balaban J connectivity index is 2.46. The van der Waals surface area contributed by atoms with Crippen LogP contribution in [0.1, 0.15) is 10.4 Å². The highest BCUT2D eigenvalue weighted by Crippen LogP contribution is 2.14. The topological polar surface area (TPSA) is 81.8 Å². The minimum atomic E-state index is -0.476. The number of amides is 1. The molecule has 0 aromatic carbocycles. The van der Waals surface area contributed by atoms with E-state index in [-0.39, 0.29) is 0 Å². The second-order valence-electron chi connectivity index (χ2n) is 2.92. The summed E-state index contributed by atoms with van der Waals surface area (Å²) >= 11 is 0. The Morgan fingerprint density at radius 2 is 2.00 bits per heavy atom. The molecule has 15 heavy (non-hydrogen) atoms. The van der Waals surface area contributed by atoms with Crippen LogP contribution in [0.2, 0.25) is 0 Å². The second kappa shape index (κ2) is 3.83. The molecule has 2 aromatic heterocycles. The van der Waals surface area contributed by atoms with Gasteiger partial charge in [0.1, 0.15) is 6.33 Å². The number of hydrogen-bond acceptors (Lipinski definition) is 4. The third-order valence-corrected chi connectivity index (χ3v) is 1.90. The molecule has 2 aromatic rings.